The molecule has 4 rings (SSSR count). The van der Waals surface area contributed by atoms with Crippen molar-refractivity contribution < 1.29 is 14.3 Å². The summed E-state index contributed by atoms with van der Waals surface area (Å²) in [5, 5.41) is 9.95. The second-order valence-electron chi connectivity index (χ2n) is 10.6. The number of anilines is 1. The van der Waals surface area contributed by atoms with Crippen molar-refractivity contribution in [2.24, 2.45) is 5.92 Å². The standard InChI is InChI=1S/C30H36ClNO3Si/c1-21(2)36(3,4)35-29(28-8-6-5-7-27(28)22-9-13-25(31)14-10-22)23-17-19-32(20-18-23)26-15-11-24(12-16-26)30(33)34/h5-16,21,23,29H,17-20H2,1-4H3,(H,33,34). The highest BCUT2D eigenvalue weighted by Crippen LogP contribution is 2.42. The van der Waals surface area contributed by atoms with Gasteiger partial charge in [-0.1, -0.05) is 61.8 Å². The molecule has 0 radical (unpaired) electrons. The van der Waals surface area contributed by atoms with Crippen LogP contribution in [0.4, 0.5) is 5.69 Å². The summed E-state index contributed by atoms with van der Waals surface area (Å²) in [5.74, 6) is -0.491. The van der Waals surface area contributed by atoms with Gasteiger partial charge in [0.05, 0.1) is 11.7 Å². The molecule has 1 heterocycles. The molecular weight excluding hydrogens is 486 g/mol. The van der Waals surface area contributed by atoms with Crippen molar-refractivity contribution in [1.29, 1.82) is 0 Å². The third-order valence-corrected chi connectivity index (χ3v) is 11.6. The Bertz CT molecular complexity index is 1170. The zero-order chi connectivity index (χ0) is 25.9. The van der Waals surface area contributed by atoms with E-state index in [1.807, 2.05) is 24.3 Å². The van der Waals surface area contributed by atoms with Gasteiger partial charge in [0.1, 0.15) is 0 Å². The first kappa shape index (κ1) is 26.5. The van der Waals surface area contributed by atoms with Crippen LogP contribution in [0.25, 0.3) is 11.1 Å². The summed E-state index contributed by atoms with van der Waals surface area (Å²) in [4.78, 5) is 13.6. The maximum Gasteiger partial charge on any atom is 0.335 e. The monoisotopic (exact) mass is 521 g/mol. The van der Waals surface area contributed by atoms with Crippen molar-refractivity contribution in [3.8, 4) is 11.1 Å². The SMILES string of the molecule is CC(C)[Si](C)(C)OC(c1ccccc1-c1ccc(Cl)cc1)C1CCN(c2ccc(C(=O)O)cc2)CC1. The summed E-state index contributed by atoms with van der Waals surface area (Å²) < 4.78 is 7.12. The molecule has 190 valence electrons. The third-order valence-electron chi connectivity index (χ3n) is 7.69. The van der Waals surface area contributed by atoms with Crippen molar-refractivity contribution in [3.05, 3.63) is 88.9 Å². The van der Waals surface area contributed by atoms with Crippen LogP contribution in [-0.4, -0.2) is 32.5 Å². The molecule has 1 aliphatic rings. The molecule has 1 saturated heterocycles. The Morgan fingerprint density at radius 2 is 1.58 bits per heavy atom. The second-order valence-corrected chi connectivity index (χ2v) is 15.6. The predicted molar refractivity (Wildman–Crippen MR) is 152 cm³/mol. The molecule has 0 aromatic heterocycles. The number of carboxylic acid groups (broad SMARTS) is 1. The summed E-state index contributed by atoms with van der Waals surface area (Å²) in [5.41, 5.74) is 5.53. The summed E-state index contributed by atoms with van der Waals surface area (Å²) in [6.07, 6.45) is 2.06. The van der Waals surface area contributed by atoms with Gasteiger partial charge in [0.25, 0.3) is 0 Å². The molecule has 1 aliphatic heterocycles. The lowest BCUT2D eigenvalue weighted by molar-refractivity contribution is 0.0697. The summed E-state index contributed by atoms with van der Waals surface area (Å²) >= 11 is 6.18. The lowest BCUT2D eigenvalue weighted by Gasteiger charge is -2.41. The van der Waals surface area contributed by atoms with Crippen LogP contribution in [0.2, 0.25) is 23.7 Å². The Kier molecular flexibility index (Phi) is 8.23. The number of nitrogens with zero attached hydrogens (tertiary/aromatic N) is 1. The van der Waals surface area contributed by atoms with Gasteiger partial charge in [-0.05, 0) is 90.5 Å². The minimum absolute atomic E-state index is 0.0254. The molecule has 1 fully saturated rings. The molecule has 1 atom stereocenters. The number of aromatic carboxylic acids is 1. The van der Waals surface area contributed by atoms with Gasteiger partial charge >= 0.3 is 5.97 Å². The van der Waals surface area contributed by atoms with E-state index in [1.165, 1.54) is 11.1 Å². The van der Waals surface area contributed by atoms with Gasteiger partial charge in [0.15, 0.2) is 8.32 Å². The molecular formula is C30H36ClNO3Si. The van der Waals surface area contributed by atoms with E-state index in [2.05, 4.69) is 68.2 Å². The Morgan fingerprint density at radius 3 is 2.17 bits per heavy atom. The topological polar surface area (TPSA) is 49.8 Å². The van der Waals surface area contributed by atoms with E-state index in [9.17, 15) is 9.90 Å². The number of benzene rings is 3. The number of rotatable bonds is 8. The van der Waals surface area contributed by atoms with Crippen LogP contribution in [-0.2, 0) is 4.43 Å². The van der Waals surface area contributed by atoms with Crippen molar-refractivity contribution in [3.63, 3.8) is 0 Å². The van der Waals surface area contributed by atoms with Gasteiger partial charge < -0.3 is 14.4 Å². The molecule has 0 spiro atoms. The van der Waals surface area contributed by atoms with Crippen molar-refractivity contribution in [2.75, 3.05) is 18.0 Å². The highest BCUT2D eigenvalue weighted by molar-refractivity contribution is 6.72. The van der Waals surface area contributed by atoms with Crippen molar-refractivity contribution in [2.45, 2.75) is 51.4 Å². The van der Waals surface area contributed by atoms with Gasteiger partial charge in [0, 0.05) is 23.8 Å². The van der Waals surface area contributed by atoms with E-state index in [-0.39, 0.29) is 6.10 Å². The Morgan fingerprint density at radius 1 is 0.972 bits per heavy atom. The molecule has 0 saturated carbocycles. The first-order valence-corrected chi connectivity index (χ1v) is 16.1. The van der Waals surface area contributed by atoms with E-state index in [4.69, 9.17) is 16.0 Å². The van der Waals surface area contributed by atoms with Crippen LogP contribution < -0.4 is 4.90 Å². The average Bonchev–Trinajstić information content (AvgIpc) is 2.88. The molecule has 36 heavy (non-hydrogen) atoms. The predicted octanol–water partition coefficient (Wildman–Crippen LogP) is 8.29. The highest BCUT2D eigenvalue weighted by atomic mass is 35.5. The van der Waals surface area contributed by atoms with Gasteiger partial charge in [0.2, 0.25) is 0 Å². The number of carboxylic acids is 1. The van der Waals surface area contributed by atoms with E-state index < -0.39 is 14.3 Å². The fourth-order valence-corrected chi connectivity index (χ4v) is 6.16. The summed E-state index contributed by atoms with van der Waals surface area (Å²) in [7, 11) is -1.93. The lowest BCUT2D eigenvalue weighted by Crippen LogP contribution is -2.41. The fourth-order valence-electron chi connectivity index (χ4n) is 4.79. The second kappa shape index (κ2) is 11.2. The van der Waals surface area contributed by atoms with Gasteiger partial charge in [-0.2, -0.15) is 0 Å². The molecule has 1 unspecified atom stereocenters. The maximum absolute atomic E-state index is 11.2. The van der Waals surface area contributed by atoms with Crippen LogP contribution in [0.3, 0.4) is 0 Å². The molecule has 3 aromatic carbocycles. The summed E-state index contributed by atoms with van der Waals surface area (Å²) in [6.45, 7) is 11.0. The number of halogens is 1. The molecule has 0 aliphatic carbocycles. The van der Waals surface area contributed by atoms with Gasteiger partial charge in [-0.3, -0.25) is 0 Å². The first-order valence-electron chi connectivity index (χ1n) is 12.8. The van der Waals surface area contributed by atoms with Crippen LogP contribution in [0.15, 0.2) is 72.8 Å². The van der Waals surface area contributed by atoms with E-state index in [1.54, 1.807) is 12.1 Å². The molecule has 4 nitrogen and oxygen atoms in total. The van der Waals surface area contributed by atoms with E-state index >= 15 is 0 Å². The minimum atomic E-state index is -1.93. The number of hydrogen-bond acceptors (Lipinski definition) is 3. The van der Waals surface area contributed by atoms with Crippen LogP contribution in [0.1, 0.15) is 48.7 Å². The summed E-state index contributed by atoms with van der Waals surface area (Å²) in [6, 6.07) is 23.9. The number of hydrogen-bond donors (Lipinski definition) is 1. The van der Waals surface area contributed by atoms with Crippen molar-refractivity contribution in [1.82, 2.24) is 0 Å². The van der Waals surface area contributed by atoms with Gasteiger partial charge in [-0.15, -0.1) is 0 Å². The smallest absolute Gasteiger partial charge is 0.335 e. The quantitative estimate of drug-likeness (QED) is 0.303. The van der Waals surface area contributed by atoms with Gasteiger partial charge in [-0.25, -0.2) is 4.79 Å². The van der Waals surface area contributed by atoms with Crippen LogP contribution in [0.5, 0.6) is 0 Å². The Balaban J connectivity index is 1.61. The third kappa shape index (κ3) is 6.02. The van der Waals surface area contributed by atoms with E-state index in [0.717, 1.165) is 42.2 Å². The number of piperidine rings is 1. The minimum Gasteiger partial charge on any atom is -0.478 e. The van der Waals surface area contributed by atoms with Crippen LogP contribution in [0, 0.1) is 5.92 Å². The van der Waals surface area contributed by atoms with E-state index in [0.29, 0.717) is 17.0 Å². The zero-order valence-corrected chi connectivity index (χ0v) is 23.3. The van der Waals surface area contributed by atoms with Crippen LogP contribution >= 0.6 is 11.6 Å². The Hall–Kier alpha value is -2.60. The highest BCUT2D eigenvalue weighted by Gasteiger charge is 2.37. The Labute approximate surface area is 221 Å². The molecule has 0 bridgehead atoms. The largest absolute Gasteiger partial charge is 0.478 e. The molecule has 3 aromatic rings. The fraction of sp³-hybridized carbons (Fsp3) is 0.367. The molecule has 1 N–H and O–H groups in total. The normalized spacial score (nSPS) is 15.8. The maximum atomic E-state index is 11.2. The average molecular weight is 522 g/mol. The molecule has 0 amide bonds. The van der Waals surface area contributed by atoms with Crippen molar-refractivity contribution >= 4 is 31.6 Å². The first-order chi connectivity index (χ1) is 17.2. The number of carbonyl (C=O) groups is 1. The zero-order valence-electron chi connectivity index (χ0n) is 21.6. The molecule has 6 heteroatoms. The lowest BCUT2D eigenvalue weighted by atomic mass is 9.84.